The van der Waals surface area contributed by atoms with Gasteiger partial charge in [0, 0.05) is 6.04 Å². The topological polar surface area (TPSA) is 127 Å². The smallest absolute Gasteiger partial charge is 0.118 e. The van der Waals surface area contributed by atoms with Gasteiger partial charge in [-0.1, -0.05) is 0 Å². The molecule has 0 radical (unpaired) electrons. The standard InChI is InChI=1S/C7H15NO5/c8-3-1-7(13,2-9)6(12)5(11)4(3)10/h3-6,9-13H,1-2,8H2/t3-,4-,5-,6-,7+/m0/s1. The summed E-state index contributed by atoms with van der Waals surface area (Å²) in [5.41, 5.74) is 3.57. The van der Waals surface area contributed by atoms with E-state index in [2.05, 4.69) is 0 Å². The van der Waals surface area contributed by atoms with Crippen molar-refractivity contribution in [2.45, 2.75) is 36.4 Å². The molecule has 6 heteroatoms. The zero-order valence-electron chi connectivity index (χ0n) is 7.04. The van der Waals surface area contributed by atoms with Crippen LogP contribution >= 0.6 is 0 Å². The largest absolute Gasteiger partial charge is 0.393 e. The molecule has 78 valence electrons. The van der Waals surface area contributed by atoms with Gasteiger partial charge in [-0.25, -0.2) is 0 Å². The summed E-state index contributed by atoms with van der Waals surface area (Å²) in [7, 11) is 0. The van der Waals surface area contributed by atoms with Crippen molar-refractivity contribution >= 4 is 0 Å². The third-order valence-corrected chi connectivity index (χ3v) is 2.53. The van der Waals surface area contributed by atoms with Crippen molar-refractivity contribution in [1.29, 1.82) is 0 Å². The van der Waals surface area contributed by atoms with Crippen LogP contribution in [-0.4, -0.2) is 62.1 Å². The normalized spacial score (nSPS) is 52.2. The Labute approximate surface area is 75.2 Å². The van der Waals surface area contributed by atoms with Crippen LogP contribution in [0, 0.1) is 0 Å². The van der Waals surface area contributed by atoms with Gasteiger partial charge >= 0.3 is 0 Å². The molecule has 0 aromatic heterocycles. The van der Waals surface area contributed by atoms with Gasteiger partial charge in [-0.15, -0.1) is 0 Å². The third-order valence-electron chi connectivity index (χ3n) is 2.53. The first-order valence-corrected chi connectivity index (χ1v) is 4.05. The highest BCUT2D eigenvalue weighted by molar-refractivity contribution is 5.03. The third kappa shape index (κ3) is 1.69. The van der Waals surface area contributed by atoms with Crippen molar-refractivity contribution in [3.63, 3.8) is 0 Å². The number of nitrogens with two attached hydrogens (primary N) is 1. The minimum atomic E-state index is -1.82. The molecule has 1 fully saturated rings. The van der Waals surface area contributed by atoms with E-state index in [1.807, 2.05) is 0 Å². The summed E-state index contributed by atoms with van der Waals surface area (Å²) in [5, 5.41) is 46.1. The minimum Gasteiger partial charge on any atom is -0.393 e. The lowest BCUT2D eigenvalue weighted by molar-refractivity contribution is -0.203. The summed E-state index contributed by atoms with van der Waals surface area (Å²) in [4.78, 5) is 0. The molecule has 5 atom stereocenters. The number of aliphatic hydroxyl groups excluding tert-OH is 4. The van der Waals surface area contributed by atoms with E-state index in [0.717, 1.165) is 0 Å². The quantitative estimate of drug-likeness (QED) is 0.257. The molecule has 13 heavy (non-hydrogen) atoms. The second-order valence-corrected chi connectivity index (χ2v) is 3.56. The van der Waals surface area contributed by atoms with Crippen LogP contribution in [0.15, 0.2) is 0 Å². The number of hydrogen-bond acceptors (Lipinski definition) is 6. The van der Waals surface area contributed by atoms with Crippen molar-refractivity contribution in [1.82, 2.24) is 0 Å². The van der Waals surface area contributed by atoms with Crippen LogP contribution in [-0.2, 0) is 0 Å². The fourth-order valence-corrected chi connectivity index (χ4v) is 1.57. The molecule has 1 rings (SSSR count). The Balaban J connectivity index is 2.82. The molecule has 1 aliphatic carbocycles. The van der Waals surface area contributed by atoms with E-state index in [9.17, 15) is 20.4 Å². The molecule has 1 saturated carbocycles. The minimum absolute atomic E-state index is 0.150. The Bertz CT molecular complexity index is 190. The van der Waals surface area contributed by atoms with E-state index in [4.69, 9.17) is 10.8 Å². The molecular formula is C7H15NO5. The lowest BCUT2D eigenvalue weighted by atomic mass is 9.77. The Morgan fingerprint density at radius 3 is 2.23 bits per heavy atom. The van der Waals surface area contributed by atoms with E-state index < -0.39 is 36.6 Å². The zero-order valence-corrected chi connectivity index (χ0v) is 7.04. The lowest BCUT2D eigenvalue weighted by Gasteiger charge is -2.43. The van der Waals surface area contributed by atoms with Crippen molar-refractivity contribution in [3.8, 4) is 0 Å². The fraction of sp³-hybridized carbons (Fsp3) is 1.00. The van der Waals surface area contributed by atoms with Gasteiger partial charge in [0.25, 0.3) is 0 Å². The molecule has 0 aromatic rings. The summed E-state index contributed by atoms with van der Waals surface area (Å²) in [6.45, 7) is -0.703. The summed E-state index contributed by atoms with van der Waals surface area (Å²) in [5.74, 6) is 0. The molecule has 1 aliphatic rings. The van der Waals surface area contributed by atoms with Gasteiger partial charge in [-0.05, 0) is 6.42 Å². The van der Waals surface area contributed by atoms with E-state index >= 15 is 0 Å². The SMILES string of the molecule is N[C@H]1C[C@@](O)(CO)[C@@H](O)[C@@H](O)[C@H]1O. The van der Waals surface area contributed by atoms with Gasteiger partial charge in [-0.2, -0.15) is 0 Å². The van der Waals surface area contributed by atoms with Crippen molar-refractivity contribution in [2.75, 3.05) is 6.61 Å². The maximum absolute atomic E-state index is 9.56. The van der Waals surface area contributed by atoms with E-state index in [-0.39, 0.29) is 6.42 Å². The average molecular weight is 193 g/mol. The molecule has 0 aromatic carbocycles. The molecule has 0 saturated heterocycles. The van der Waals surface area contributed by atoms with Gasteiger partial charge < -0.3 is 31.3 Å². The number of aliphatic hydroxyl groups is 5. The average Bonchev–Trinajstić information content (AvgIpc) is 2.12. The first-order valence-electron chi connectivity index (χ1n) is 4.05. The Morgan fingerprint density at radius 2 is 1.77 bits per heavy atom. The van der Waals surface area contributed by atoms with Gasteiger partial charge in [0.05, 0.1) is 12.7 Å². The molecule has 0 amide bonds. The highest BCUT2D eigenvalue weighted by Gasteiger charge is 2.49. The second kappa shape index (κ2) is 3.49. The summed E-state index contributed by atoms with van der Waals surface area (Å²) in [6, 6.07) is -0.851. The van der Waals surface area contributed by atoms with E-state index in [1.165, 1.54) is 0 Å². The van der Waals surface area contributed by atoms with Crippen LogP contribution in [0.2, 0.25) is 0 Å². The van der Waals surface area contributed by atoms with Crippen LogP contribution in [0.4, 0.5) is 0 Å². The van der Waals surface area contributed by atoms with Gasteiger partial charge in [0.15, 0.2) is 0 Å². The molecule has 6 nitrogen and oxygen atoms in total. The predicted octanol–water partition coefficient (Wildman–Crippen LogP) is -3.48. The molecule has 0 spiro atoms. The van der Waals surface area contributed by atoms with Crippen LogP contribution in [0.3, 0.4) is 0 Å². The van der Waals surface area contributed by atoms with E-state index in [1.54, 1.807) is 0 Å². The van der Waals surface area contributed by atoms with Crippen LogP contribution in [0.1, 0.15) is 6.42 Å². The molecule has 0 aliphatic heterocycles. The summed E-state index contributed by atoms with van der Waals surface area (Å²) < 4.78 is 0. The molecule has 0 bridgehead atoms. The summed E-state index contributed by atoms with van der Waals surface area (Å²) >= 11 is 0. The van der Waals surface area contributed by atoms with E-state index in [0.29, 0.717) is 0 Å². The molecule has 0 heterocycles. The first kappa shape index (κ1) is 10.8. The van der Waals surface area contributed by atoms with Crippen molar-refractivity contribution in [2.24, 2.45) is 5.73 Å². The second-order valence-electron chi connectivity index (χ2n) is 3.56. The molecule has 7 N–H and O–H groups in total. The Kier molecular flexibility index (Phi) is 2.91. The number of rotatable bonds is 1. The maximum atomic E-state index is 9.56. The molecular weight excluding hydrogens is 178 g/mol. The van der Waals surface area contributed by atoms with Crippen molar-refractivity contribution in [3.05, 3.63) is 0 Å². The van der Waals surface area contributed by atoms with Crippen molar-refractivity contribution < 1.29 is 25.5 Å². The van der Waals surface area contributed by atoms with Gasteiger partial charge in [0.2, 0.25) is 0 Å². The molecule has 0 unspecified atom stereocenters. The predicted molar refractivity (Wildman–Crippen MR) is 42.6 cm³/mol. The Hall–Kier alpha value is -0.240. The highest BCUT2D eigenvalue weighted by atomic mass is 16.4. The van der Waals surface area contributed by atoms with Gasteiger partial charge in [-0.3, -0.25) is 0 Å². The highest BCUT2D eigenvalue weighted by Crippen LogP contribution is 2.28. The Morgan fingerprint density at radius 1 is 1.23 bits per heavy atom. The van der Waals surface area contributed by atoms with Crippen LogP contribution < -0.4 is 5.73 Å². The maximum Gasteiger partial charge on any atom is 0.118 e. The van der Waals surface area contributed by atoms with Crippen LogP contribution in [0.5, 0.6) is 0 Å². The monoisotopic (exact) mass is 193 g/mol. The first-order chi connectivity index (χ1) is 5.92. The fourth-order valence-electron chi connectivity index (χ4n) is 1.57. The summed E-state index contributed by atoms with van der Waals surface area (Å²) in [6.07, 6.45) is -4.53. The van der Waals surface area contributed by atoms with Crippen LogP contribution in [0.25, 0.3) is 0 Å². The zero-order chi connectivity index (χ0) is 10.2. The van der Waals surface area contributed by atoms with Gasteiger partial charge in [0.1, 0.15) is 17.8 Å². The number of hydrogen-bond donors (Lipinski definition) is 6. The lowest BCUT2D eigenvalue weighted by Crippen LogP contribution is -2.66.